The normalized spacial score (nSPS) is 11.5. The van der Waals surface area contributed by atoms with Crippen LogP contribution in [0.15, 0.2) is 29.2 Å². The summed E-state index contributed by atoms with van der Waals surface area (Å²) in [5.74, 6) is 0. The molecule has 0 aliphatic heterocycles. The molecular weight excluding hydrogens is 212 g/mol. The average Bonchev–Trinajstić information content (AvgIpc) is 2.18. The molecule has 0 spiro atoms. The van der Waals surface area contributed by atoms with Gasteiger partial charge >= 0.3 is 0 Å². The molecule has 0 atom stereocenters. The maximum absolute atomic E-state index is 11.1. The number of nitrogens with two attached hydrogens (primary N) is 1. The first-order valence-corrected chi connectivity index (χ1v) is 5.37. The van der Waals surface area contributed by atoms with Gasteiger partial charge in [-0.1, -0.05) is 12.1 Å². The Labute approximate surface area is 81.9 Å². The van der Waals surface area contributed by atoms with E-state index in [1.807, 2.05) is 0 Å². The third-order valence-corrected chi connectivity index (χ3v) is 3.28. The predicted molar refractivity (Wildman–Crippen MR) is 50.5 cm³/mol. The minimum Gasteiger partial charge on any atom is -0.326 e. The molecule has 13 heavy (non-hydrogen) atoms. The van der Waals surface area contributed by atoms with E-state index in [1.165, 1.54) is 12.1 Å². The van der Waals surface area contributed by atoms with E-state index in [4.69, 9.17) is 17.5 Å². The minimum absolute atomic E-state index is 0.125. The van der Waals surface area contributed by atoms with E-state index in [2.05, 4.69) is 0 Å². The lowest BCUT2D eigenvalue weighted by Crippen LogP contribution is -2.13. The van der Waals surface area contributed by atoms with Gasteiger partial charge in [-0.15, -0.1) is 4.24 Å². The number of halogens is 1. The van der Waals surface area contributed by atoms with E-state index >= 15 is 0 Å². The highest BCUT2D eigenvalue weighted by Crippen LogP contribution is 2.10. The van der Waals surface area contributed by atoms with E-state index < -0.39 is 10.0 Å². The quantitative estimate of drug-likeness (QED) is 0.732. The summed E-state index contributed by atoms with van der Waals surface area (Å²) in [7, 11) is -3.55. The first-order chi connectivity index (χ1) is 6.10. The summed E-state index contributed by atoms with van der Waals surface area (Å²) in [5.41, 5.74) is 6.22. The molecule has 0 amide bonds. The third kappa shape index (κ3) is 2.41. The second-order valence-corrected chi connectivity index (χ2v) is 4.52. The summed E-state index contributed by atoms with van der Waals surface area (Å²) in [4.78, 5) is 0.125. The van der Waals surface area contributed by atoms with Crippen molar-refractivity contribution >= 4 is 21.8 Å². The summed E-state index contributed by atoms with van der Waals surface area (Å²) >= 11 is 5.04. The zero-order valence-electron chi connectivity index (χ0n) is 6.70. The van der Waals surface area contributed by atoms with Gasteiger partial charge in [0.05, 0.1) is 4.90 Å². The lowest BCUT2D eigenvalue weighted by Gasteiger charge is -2.01. The van der Waals surface area contributed by atoms with Gasteiger partial charge in [-0.2, -0.15) is 0 Å². The van der Waals surface area contributed by atoms with Gasteiger partial charge in [0.1, 0.15) is 0 Å². The molecule has 3 N–H and O–H groups in total. The van der Waals surface area contributed by atoms with Crippen molar-refractivity contribution in [1.82, 2.24) is 4.24 Å². The van der Waals surface area contributed by atoms with Gasteiger partial charge in [0.15, 0.2) is 0 Å². The van der Waals surface area contributed by atoms with Gasteiger partial charge in [-0.25, -0.2) is 8.42 Å². The van der Waals surface area contributed by atoms with Crippen LogP contribution in [0.2, 0.25) is 0 Å². The predicted octanol–water partition coefficient (Wildman–Crippen LogP) is 0.577. The molecule has 1 rings (SSSR count). The van der Waals surface area contributed by atoms with Crippen molar-refractivity contribution in [2.75, 3.05) is 0 Å². The summed E-state index contributed by atoms with van der Waals surface area (Å²) < 4.78 is 24.0. The molecular formula is C7H9ClN2O2S. The minimum atomic E-state index is -3.55. The fourth-order valence-electron chi connectivity index (χ4n) is 0.849. The highest BCUT2D eigenvalue weighted by Gasteiger charge is 2.10. The maximum atomic E-state index is 11.1. The molecule has 4 nitrogen and oxygen atoms in total. The van der Waals surface area contributed by atoms with Crippen LogP contribution in [0.5, 0.6) is 0 Å². The lowest BCUT2D eigenvalue weighted by molar-refractivity contribution is 0.594. The Bertz CT molecular complexity index is 374. The molecule has 0 radical (unpaired) electrons. The molecule has 6 heteroatoms. The number of benzene rings is 1. The Morgan fingerprint density at radius 3 is 2.23 bits per heavy atom. The maximum Gasteiger partial charge on any atom is 0.253 e. The fraction of sp³-hybridized carbons (Fsp3) is 0.143. The zero-order valence-corrected chi connectivity index (χ0v) is 8.27. The second-order valence-electron chi connectivity index (χ2n) is 2.43. The van der Waals surface area contributed by atoms with E-state index in [9.17, 15) is 8.42 Å². The first-order valence-electron chi connectivity index (χ1n) is 3.51. The Morgan fingerprint density at radius 1 is 1.31 bits per heavy atom. The van der Waals surface area contributed by atoms with Crippen molar-refractivity contribution in [3.63, 3.8) is 0 Å². The molecule has 1 aromatic rings. The van der Waals surface area contributed by atoms with Gasteiger partial charge < -0.3 is 5.73 Å². The molecule has 0 saturated heterocycles. The fourth-order valence-corrected chi connectivity index (χ4v) is 1.70. The lowest BCUT2D eigenvalue weighted by atomic mass is 10.2. The Kier molecular flexibility index (Phi) is 3.27. The van der Waals surface area contributed by atoms with Gasteiger partial charge in [0, 0.05) is 6.54 Å². The van der Waals surface area contributed by atoms with E-state index in [0.29, 0.717) is 6.54 Å². The number of hydrogen-bond acceptors (Lipinski definition) is 3. The second kappa shape index (κ2) is 4.06. The Morgan fingerprint density at radius 2 is 1.85 bits per heavy atom. The van der Waals surface area contributed by atoms with Crippen LogP contribution in [-0.4, -0.2) is 8.42 Å². The zero-order chi connectivity index (χ0) is 9.90. The number of nitrogens with one attached hydrogen (secondary N) is 1. The van der Waals surface area contributed by atoms with Crippen molar-refractivity contribution in [2.45, 2.75) is 11.4 Å². The summed E-state index contributed by atoms with van der Waals surface area (Å²) in [6.45, 7) is 0.384. The van der Waals surface area contributed by atoms with Gasteiger partial charge in [0.2, 0.25) is 0 Å². The van der Waals surface area contributed by atoms with Crippen LogP contribution >= 0.6 is 11.8 Å². The first kappa shape index (κ1) is 10.5. The van der Waals surface area contributed by atoms with Crippen molar-refractivity contribution in [1.29, 1.82) is 0 Å². The van der Waals surface area contributed by atoms with E-state index in [0.717, 1.165) is 5.56 Å². The summed E-state index contributed by atoms with van der Waals surface area (Å²) in [6, 6.07) is 6.18. The Hall–Kier alpha value is -0.620. The van der Waals surface area contributed by atoms with Crippen LogP contribution in [0, 0.1) is 0 Å². The molecule has 0 heterocycles. The SMILES string of the molecule is NCc1ccc(S(=O)(=O)NCl)cc1. The van der Waals surface area contributed by atoms with Crippen LogP contribution in [0.3, 0.4) is 0 Å². The monoisotopic (exact) mass is 220 g/mol. The molecule has 0 aromatic heterocycles. The molecule has 1 aromatic carbocycles. The van der Waals surface area contributed by atoms with Crippen molar-refractivity contribution in [2.24, 2.45) is 5.73 Å². The topological polar surface area (TPSA) is 72.2 Å². The van der Waals surface area contributed by atoms with Gasteiger partial charge in [-0.3, -0.25) is 0 Å². The molecule has 0 aliphatic rings. The number of rotatable bonds is 3. The van der Waals surface area contributed by atoms with E-state index in [-0.39, 0.29) is 4.90 Å². The van der Waals surface area contributed by atoms with Gasteiger partial charge in [0.25, 0.3) is 10.0 Å². The number of sulfonamides is 1. The van der Waals surface area contributed by atoms with Crippen LogP contribution < -0.4 is 9.97 Å². The van der Waals surface area contributed by atoms with Crippen LogP contribution in [0.1, 0.15) is 5.56 Å². The molecule has 0 bridgehead atoms. The summed E-state index contributed by atoms with van der Waals surface area (Å²) in [5, 5.41) is 0. The van der Waals surface area contributed by atoms with Crippen LogP contribution in [0.25, 0.3) is 0 Å². The molecule has 0 unspecified atom stereocenters. The molecule has 0 aliphatic carbocycles. The standard InChI is InChI=1S/C7H9ClN2O2S/c8-10-13(11,12)7-3-1-6(5-9)2-4-7/h1-4,10H,5,9H2. The average molecular weight is 221 g/mol. The largest absolute Gasteiger partial charge is 0.326 e. The van der Waals surface area contributed by atoms with Crippen molar-refractivity contribution in [3.05, 3.63) is 29.8 Å². The highest BCUT2D eigenvalue weighted by molar-refractivity contribution is 7.90. The summed E-state index contributed by atoms with van der Waals surface area (Å²) in [6.07, 6.45) is 0. The Balaban J connectivity index is 3.06. The van der Waals surface area contributed by atoms with Crippen molar-refractivity contribution < 1.29 is 8.42 Å². The molecule has 72 valence electrons. The third-order valence-electron chi connectivity index (χ3n) is 1.57. The van der Waals surface area contributed by atoms with E-state index in [1.54, 1.807) is 16.4 Å². The van der Waals surface area contributed by atoms with Gasteiger partial charge in [-0.05, 0) is 29.5 Å². The smallest absolute Gasteiger partial charge is 0.253 e. The highest BCUT2D eigenvalue weighted by atomic mass is 35.5. The molecule has 0 saturated carbocycles. The van der Waals surface area contributed by atoms with Crippen LogP contribution in [-0.2, 0) is 16.6 Å². The number of hydrogen-bond donors (Lipinski definition) is 2. The molecule has 0 fully saturated rings. The van der Waals surface area contributed by atoms with Crippen molar-refractivity contribution in [3.8, 4) is 0 Å². The van der Waals surface area contributed by atoms with Crippen LogP contribution in [0.4, 0.5) is 0 Å².